The van der Waals surface area contributed by atoms with Crippen LogP contribution in [0.25, 0.3) is 10.2 Å². The fourth-order valence-corrected chi connectivity index (χ4v) is 2.27. The number of fused-ring (bicyclic) bond motifs is 1. The van der Waals surface area contributed by atoms with Gasteiger partial charge in [0, 0.05) is 12.1 Å². The van der Waals surface area contributed by atoms with Gasteiger partial charge in [0.15, 0.2) is 0 Å². The second-order valence-corrected chi connectivity index (χ2v) is 4.70. The molecule has 7 heteroatoms. The molecule has 1 aromatic carbocycles. The van der Waals surface area contributed by atoms with Crippen LogP contribution in [0, 0.1) is 15.9 Å². The molecule has 96 valence electrons. The van der Waals surface area contributed by atoms with E-state index in [2.05, 4.69) is 4.98 Å². The molecule has 18 heavy (non-hydrogen) atoms. The summed E-state index contributed by atoms with van der Waals surface area (Å²) < 4.78 is 19.3. The number of nitrogens with zero attached hydrogens (tertiary/aromatic N) is 2. The number of unbranched alkanes of at least 4 members (excludes halogenated alkanes) is 1. The monoisotopic (exact) mass is 270 g/mol. The molecule has 0 aliphatic heterocycles. The van der Waals surface area contributed by atoms with Crippen LogP contribution >= 0.6 is 11.3 Å². The molecule has 0 radical (unpaired) electrons. The molecule has 0 bridgehead atoms. The van der Waals surface area contributed by atoms with Crippen LogP contribution in [0.5, 0.6) is 5.19 Å². The third-order valence-corrected chi connectivity index (χ3v) is 3.29. The Labute approximate surface area is 106 Å². The summed E-state index contributed by atoms with van der Waals surface area (Å²) in [5.41, 5.74) is -0.174. The lowest BCUT2D eigenvalue weighted by molar-refractivity contribution is -0.387. The first-order valence-electron chi connectivity index (χ1n) is 5.49. The van der Waals surface area contributed by atoms with E-state index in [1.807, 2.05) is 6.92 Å². The van der Waals surface area contributed by atoms with Gasteiger partial charge in [0.05, 0.1) is 21.7 Å². The molecule has 0 saturated carbocycles. The summed E-state index contributed by atoms with van der Waals surface area (Å²) in [4.78, 5) is 13.9. The van der Waals surface area contributed by atoms with Crippen molar-refractivity contribution in [2.75, 3.05) is 6.61 Å². The average molecular weight is 270 g/mol. The highest BCUT2D eigenvalue weighted by atomic mass is 32.1. The summed E-state index contributed by atoms with van der Waals surface area (Å²) in [6.07, 6.45) is 1.91. The van der Waals surface area contributed by atoms with E-state index in [1.165, 1.54) is 11.3 Å². The Kier molecular flexibility index (Phi) is 3.71. The Balaban J connectivity index is 2.30. The molecule has 0 aliphatic carbocycles. The van der Waals surface area contributed by atoms with Gasteiger partial charge in [-0.05, 0) is 6.42 Å². The summed E-state index contributed by atoms with van der Waals surface area (Å²) in [7, 11) is 0. The van der Waals surface area contributed by atoms with Crippen molar-refractivity contribution < 1.29 is 14.1 Å². The standard InChI is InChI=1S/C11H11FN2O3S/c1-2-3-4-17-11-13-8-6-9(14(15)16)7(12)5-10(8)18-11/h5-6H,2-4H2,1H3. The minimum absolute atomic E-state index is 0.389. The van der Waals surface area contributed by atoms with E-state index in [0.29, 0.717) is 22.0 Å². The number of aromatic nitrogens is 1. The van der Waals surface area contributed by atoms with Gasteiger partial charge >= 0.3 is 5.69 Å². The Hall–Kier alpha value is -1.76. The van der Waals surface area contributed by atoms with Crippen LogP contribution < -0.4 is 4.74 Å². The zero-order chi connectivity index (χ0) is 13.1. The topological polar surface area (TPSA) is 65.3 Å². The van der Waals surface area contributed by atoms with Gasteiger partial charge in [0.1, 0.15) is 0 Å². The minimum Gasteiger partial charge on any atom is -0.470 e. The fraction of sp³-hybridized carbons (Fsp3) is 0.364. The number of rotatable bonds is 5. The number of hydrogen-bond acceptors (Lipinski definition) is 5. The first kappa shape index (κ1) is 12.7. The van der Waals surface area contributed by atoms with E-state index in [-0.39, 0.29) is 0 Å². The highest BCUT2D eigenvalue weighted by molar-refractivity contribution is 7.20. The SMILES string of the molecule is CCCCOc1nc2cc([N+](=O)[O-])c(F)cc2s1. The number of nitro benzene ring substituents is 1. The van der Waals surface area contributed by atoms with Crippen LogP contribution in [0.4, 0.5) is 10.1 Å². The highest BCUT2D eigenvalue weighted by Crippen LogP contribution is 2.32. The minimum atomic E-state index is -0.851. The highest BCUT2D eigenvalue weighted by Gasteiger charge is 2.17. The molecule has 5 nitrogen and oxygen atoms in total. The van der Waals surface area contributed by atoms with Gasteiger partial charge in [-0.15, -0.1) is 0 Å². The molecule has 0 aliphatic rings. The molecular formula is C11H11FN2O3S. The third kappa shape index (κ3) is 2.56. The predicted octanol–water partition coefficient (Wildman–Crippen LogP) is 3.52. The molecular weight excluding hydrogens is 259 g/mol. The molecule has 0 spiro atoms. The summed E-state index contributed by atoms with van der Waals surface area (Å²) in [6.45, 7) is 2.58. The fourth-order valence-electron chi connectivity index (χ4n) is 1.42. The van der Waals surface area contributed by atoms with Crippen molar-refractivity contribution in [1.82, 2.24) is 4.98 Å². The lowest BCUT2D eigenvalue weighted by atomic mass is 10.3. The van der Waals surface area contributed by atoms with Crippen LogP contribution in [-0.2, 0) is 0 Å². The van der Waals surface area contributed by atoms with Crippen molar-refractivity contribution in [3.05, 3.63) is 28.1 Å². The lowest BCUT2D eigenvalue weighted by Gasteiger charge is -1.98. The van der Waals surface area contributed by atoms with Gasteiger partial charge in [-0.1, -0.05) is 24.7 Å². The van der Waals surface area contributed by atoms with Crippen LogP contribution in [0.3, 0.4) is 0 Å². The maximum absolute atomic E-state index is 13.4. The number of nitro groups is 1. The third-order valence-electron chi connectivity index (χ3n) is 2.36. The molecule has 1 heterocycles. The van der Waals surface area contributed by atoms with Gasteiger partial charge in [0.2, 0.25) is 5.82 Å². The van der Waals surface area contributed by atoms with E-state index >= 15 is 0 Å². The van der Waals surface area contributed by atoms with Gasteiger partial charge < -0.3 is 4.74 Å². The number of ether oxygens (including phenoxy) is 1. The number of halogens is 1. The normalized spacial score (nSPS) is 10.8. The number of hydrogen-bond donors (Lipinski definition) is 0. The van der Waals surface area contributed by atoms with Gasteiger partial charge in [-0.3, -0.25) is 10.1 Å². The van der Waals surface area contributed by atoms with Crippen molar-refractivity contribution in [3.63, 3.8) is 0 Å². The average Bonchev–Trinajstić information content (AvgIpc) is 2.69. The predicted molar refractivity (Wildman–Crippen MR) is 66.6 cm³/mol. The maximum Gasteiger partial charge on any atom is 0.307 e. The molecule has 2 aromatic rings. The molecule has 0 unspecified atom stereocenters. The van der Waals surface area contributed by atoms with Gasteiger partial charge in [0.25, 0.3) is 5.19 Å². The van der Waals surface area contributed by atoms with Crippen molar-refractivity contribution >= 4 is 27.2 Å². The van der Waals surface area contributed by atoms with Crippen molar-refractivity contribution in [3.8, 4) is 5.19 Å². The van der Waals surface area contributed by atoms with Crippen LogP contribution in [0.2, 0.25) is 0 Å². The maximum atomic E-state index is 13.4. The summed E-state index contributed by atoms with van der Waals surface area (Å²) in [6, 6.07) is 2.26. The molecule has 0 fully saturated rings. The van der Waals surface area contributed by atoms with Gasteiger partial charge in [-0.2, -0.15) is 4.39 Å². The van der Waals surface area contributed by atoms with E-state index < -0.39 is 16.4 Å². The second-order valence-electron chi connectivity index (χ2n) is 3.71. The molecule has 1 aromatic heterocycles. The molecule has 0 N–H and O–H groups in total. The number of benzene rings is 1. The Morgan fingerprint density at radius 2 is 2.33 bits per heavy atom. The van der Waals surface area contributed by atoms with Gasteiger partial charge in [-0.25, -0.2) is 4.98 Å². The largest absolute Gasteiger partial charge is 0.470 e. The van der Waals surface area contributed by atoms with Crippen molar-refractivity contribution in [2.45, 2.75) is 19.8 Å². The van der Waals surface area contributed by atoms with Crippen molar-refractivity contribution in [2.24, 2.45) is 0 Å². The second kappa shape index (κ2) is 5.26. The molecule has 2 rings (SSSR count). The quantitative estimate of drug-likeness (QED) is 0.473. The smallest absolute Gasteiger partial charge is 0.307 e. The van der Waals surface area contributed by atoms with E-state index in [1.54, 1.807) is 0 Å². The Morgan fingerprint density at radius 3 is 3.00 bits per heavy atom. The Morgan fingerprint density at radius 1 is 1.56 bits per heavy atom. The number of thiazole rings is 1. The first-order chi connectivity index (χ1) is 8.61. The zero-order valence-electron chi connectivity index (χ0n) is 9.68. The van der Waals surface area contributed by atoms with E-state index in [0.717, 1.165) is 25.0 Å². The lowest BCUT2D eigenvalue weighted by Crippen LogP contribution is -1.95. The molecule has 0 saturated heterocycles. The molecule has 0 atom stereocenters. The zero-order valence-corrected chi connectivity index (χ0v) is 10.5. The van der Waals surface area contributed by atoms with E-state index in [9.17, 15) is 14.5 Å². The molecule has 0 amide bonds. The summed E-state index contributed by atoms with van der Waals surface area (Å²) >= 11 is 1.19. The first-order valence-corrected chi connectivity index (χ1v) is 6.30. The van der Waals surface area contributed by atoms with Crippen LogP contribution in [0.15, 0.2) is 12.1 Å². The van der Waals surface area contributed by atoms with E-state index in [4.69, 9.17) is 4.74 Å². The van der Waals surface area contributed by atoms with Crippen LogP contribution in [-0.4, -0.2) is 16.5 Å². The van der Waals surface area contributed by atoms with Crippen LogP contribution in [0.1, 0.15) is 19.8 Å². The van der Waals surface area contributed by atoms with Crippen molar-refractivity contribution in [1.29, 1.82) is 0 Å². The Bertz CT molecular complexity index is 585. The summed E-state index contributed by atoms with van der Waals surface area (Å²) in [5.74, 6) is -0.851. The summed E-state index contributed by atoms with van der Waals surface area (Å²) in [5, 5.41) is 11.0.